The van der Waals surface area contributed by atoms with Gasteiger partial charge in [0.1, 0.15) is 5.82 Å². The van der Waals surface area contributed by atoms with Gasteiger partial charge >= 0.3 is 0 Å². The SMILES string of the molecule is C#CC(C)(C)NCCn1ccnc1C. The van der Waals surface area contributed by atoms with Gasteiger partial charge in [0, 0.05) is 25.5 Å². The predicted molar refractivity (Wildman–Crippen MR) is 57.9 cm³/mol. The summed E-state index contributed by atoms with van der Waals surface area (Å²) in [5, 5.41) is 3.29. The first-order chi connectivity index (χ1) is 6.55. The number of nitrogens with one attached hydrogen (secondary N) is 1. The molecular formula is C11H17N3. The van der Waals surface area contributed by atoms with Crippen LogP contribution in [0.2, 0.25) is 0 Å². The van der Waals surface area contributed by atoms with E-state index in [-0.39, 0.29) is 5.54 Å². The van der Waals surface area contributed by atoms with Gasteiger partial charge in [-0.2, -0.15) is 0 Å². The Labute approximate surface area is 85.5 Å². The molecule has 1 aromatic heterocycles. The highest BCUT2D eigenvalue weighted by Gasteiger charge is 2.11. The van der Waals surface area contributed by atoms with Gasteiger partial charge in [0.05, 0.1) is 5.54 Å². The highest BCUT2D eigenvalue weighted by Crippen LogP contribution is 1.99. The molecule has 0 fully saturated rings. The Hall–Kier alpha value is -1.27. The Kier molecular flexibility index (Phi) is 3.32. The molecule has 0 aliphatic carbocycles. The molecule has 0 saturated carbocycles. The first-order valence-corrected chi connectivity index (χ1v) is 4.76. The fourth-order valence-electron chi connectivity index (χ4n) is 1.18. The predicted octanol–water partition coefficient (Wildman–Crippen LogP) is 1.19. The first kappa shape index (κ1) is 10.8. The van der Waals surface area contributed by atoms with Crippen molar-refractivity contribution in [1.29, 1.82) is 0 Å². The average Bonchev–Trinajstić information content (AvgIpc) is 2.52. The maximum Gasteiger partial charge on any atom is 0.105 e. The lowest BCUT2D eigenvalue weighted by atomic mass is 10.1. The minimum atomic E-state index is -0.228. The summed E-state index contributed by atoms with van der Waals surface area (Å²) in [6, 6.07) is 0. The van der Waals surface area contributed by atoms with E-state index >= 15 is 0 Å². The maximum absolute atomic E-state index is 5.36. The van der Waals surface area contributed by atoms with E-state index in [2.05, 4.69) is 20.8 Å². The second kappa shape index (κ2) is 4.30. The quantitative estimate of drug-likeness (QED) is 0.725. The minimum Gasteiger partial charge on any atom is -0.334 e. The topological polar surface area (TPSA) is 29.9 Å². The van der Waals surface area contributed by atoms with Crippen molar-refractivity contribution in [3.8, 4) is 12.3 Å². The van der Waals surface area contributed by atoms with Gasteiger partial charge in [-0.1, -0.05) is 5.92 Å². The number of hydrogen-bond donors (Lipinski definition) is 1. The molecule has 0 atom stereocenters. The summed E-state index contributed by atoms with van der Waals surface area (Å²) in [4.78, 5) is 4.15. The summed E-state index contributed by atoms with van der Waals surface area (Å²) in [5.41, 5.74) is -0.228. The van der Waals surface area contributed by atoms with Crippen LogP contribution in [0.4, 0.5) is 0 Å². The van der Waals surface area contributed by atoms with Gasteiger partial charge < -0.3 is 4.57 Å². The molecule has 1 heterocycles. The van der Waals surface area contributed by atoms with Crippen molar-refractivity contribution in [3.63, 3.8) is 0 Å². The largest absolute Gasteiger partial charge is 0.334 e. The molecule has 14 heavy (non-hydrogen) atoms. The van der Waals surface area contributed by atoms with Crippen LogP contribution in [0.15, 0.2) is 12.4 Å². The second-order valence-electron chi connectivity index (χ2n) is 3.86. The van der Waals surface area contributed by atoms with E-state index in [0.29, 0.717) is 0 Å². The number of rotatable bonds is 4. The third-order valence-electron chi connectivity index (χ3n) is 2.20. The molecule has 0 amide bonds. The van der Waals surface area contributed by atoms with Crippen molar-refractivity contribution < 1.29 is 0 Å². The van der Waals surface area contributed by atoms with Crippen molar-refractivity contribution in [2.24, 2.45) is 0 Å². The molecule has 0 spiro atoms. The van der Waals surface area contributed by atoms with Gasteiger partial charge in [-0.3, -0.25) is 5.32 Å². The van der Waals surface area contributed by atoms with Crippen molar-refractivity contribution in [2.75, 3.05) is 6.54 Å². The van der Waals surface area contributed by atoms with E-state index in [1.165, 1.54) is 0 Å². The van der Waals surface area contributed by atoms with Crippen LogP contribution in [0.3, 0.4) is 0 Å². The number of aryl methyl sites for hydroxylation is 1. The van der Waals surface area contributed by atoms with Crippen molar-refractivity contribution in [1.82, 2.24) is 14.9 Å². The molecule has 0 aromatic carbocycles. The summed E-state index contributed by atoms with van der Waals surface area (Å²) in [6.07, 6.45) is 9.14. The van der Waals surface area contributed by atoms with E-state index in [1.54, 1.807) is 0 Å². The zero-order valence-corrected chi connectivity index (χ0v) is 9.04. The molecule has 76 valence electrons. The molecule has 0 radical (unpaired) electrons. The Morgan fingerprint density at radius 1 is 1.64 bits per heavy atom. The first-order valence-electron chi connectivity index (χ1n) is 4.76. The lowest BCUT2D eigenvalue weighted by Gasteiger charge is -2.19. The zero-order valence-electron chi connectivity index (χ0n) is 9.04. The van der Waals surface area contributed by atoms with Crippen LogP contribution >= 0.6 is 0 Å². The van der Waals surface area contributed by atoms with Crippen LogP contribution in [-0.4, -0.2) is 21.6 Å². The number of imidazole rings is 1. The van der Waals surface area contributed by atoms with Gasteiger partial charge in [-0.15, -0.1) is 6.42 Å². The fourth-order valence-corrected chi connectivity index (χ4v) is 1.18. The Balaban J connectivity index is 2.37. The smallest absolute Gasteiger partial charge is 0.105 e. The van der Waals surface area contributed by atoms with Crippen molar-refractivity contribution in [2.45, 2.75) is 32.9 Å². The molecular weight excluding hydrogens is 174 g/mol. The van der Waals surface area contributed by atoms with Gasteiger partial charge in [0.25, 0.3) is 0 Å². The van der Waals surface area contributed by atoms with Crippen LogP contribution in [0.5, 0.6) is 0 Å². The monoisotopic (exact) mass is 191 g/mol. The molecule has 1 rings (SSSR count). The van der Waals surface area contributed by atoms with Gasteiger partial charge in [-0.05, 0) is 20.8 Å². The van der Waals surface area contributed by atoms with Crippen LogP contribution in [0.1, 0.15) is 19.7 Å². The average molecular weight is 191 g/mol. The van der Waals surface area contributed by atoms with Gasteiger partial charge in [0.2, 0.25) is 0 Å². The molecule has 0 saturated heterocycles. The molecule has 1 N–H and O–H groups in total. The minimum absolute atomic E-state index is 0.228. The van der Waals surface area contributed by atoms with Crippen LogP contribution in [0.25, 0.3) is 0 Å². The lowest BCUT2D eigenvalue weighted by molar-refractivity contribution is 0.466. The number of nitrogens with zero attached hydrogens (tertiary/aromatic N) is 2. The molecule has 3 nitrogen and oxygen atoms in total. The molecule has 1 aromatic rings. The van der Waals surface area contributed by atoms with E-state index < -0.39 is 0 Å². The standard InChI is InChI=1S/C11H17N3/c1-5-11(3,4)13-7-9-14-8-6-12-10(14)2/h1,6,8,13H,7,9H2,2-4H3. The van der Waals surface area contributed by atoms with Gasteiger partial charge in [-0.25, -0.2) is 4.98 Å². The Morgan fingerprint density at radius 3 is 2.86 bits per heavy atom. The van der Waals surface area contributed by atoms with Crippen LogP contribution in [-0.2, 0) is 6.54 Å². The van der Waals surface area contributed by atoms with E-state index in [9.17, 15) is 0 Å². The molecule has 0 aliphatic rings. The Morgan fingerprint density at radius 2 is 2.36 bits per heavy atom. The number of aromatic nitrogens is 2. The third kappa shape index (κ3) is 2.90. The number of terminal acetylenes is 1. The molecule has 0 unspecified atom stereocenters. The molecule has 0 bridgehead atoms. The fraction of sp³-hybridized carbons (Fsp3) is 0.545. The normalized spacial score (nSPS) is 11.3. The summed E-state index contributed by atoms with van der Waals surface area (Å²) < 4.78 is 2.10. The summed E-state index contributed by atoms with van der Waals surface area (Å²) in [6.45, 7) is 7.74. The number of hydrogen-bond acceptors (Lipinski definition) is 2. The Bertz CT molecular complexity index is 331. The highest BCUT2D eigenvalue weighted by molar-refractivity contribution is 5.07. The van der Waals surface area contributed by atoms with Crippen LogP contribution in [0, 0.1) is 19.3 Å². The van der Waals surface area contributed by atoms with E-state index in [1.807, 2.05) is 33.2 Å². The summed E-state index contributed by atoms with van der Waals surface area (Å²) in [5.74, 6) is 3.73. The zero-order chi connectivity index (χ0) is 10.6. The van der Waals surface area contributed by atoms with Crippen LogP contribution < -0.4 is 5.32 Å². The molecule has 0 aliphatic heterocycles. The second-order valence-corrected chi connectivity index (χ2v) is 3.86. The van der Waals surface area contributed by atoms with Gasteiger partial charge in [0.15, 0.2) is 0 Å². The summed E-state index contributed by atoms with van der Waals surface area (Å²) >= 11 is 0. The van der Waals surface area contributed by atoms with E-state index in [4.69, 9.17) is 6.42 Å². The lowest BCUT2D eigenvalue weighted by Crippen LogP contribution is -2.39. The maximum atomic E-state index is 5.36. The van der Waals surface area contributed by atoms with Crippen molar-refractivity contribution >= 4 is 0 Å². The van der Waals surface area contributed by atoms with E-state index in [0.717, 1.165) is 18.9 Å². The highest BCUT2D eigenvalue weighted by atomic mass is 15.1. The summed E-state index contributed by atoms with van der Waals surface area (Å²) in [7, 11) is 0. The third-order valence-corrected chi connectivity index (χ3v) is 2.20. The van der Waals surface area contributed by atoms with Crippen molar-refractivity contribution in [3.05, 3.63) is 18.2 Å². The molecule has 3 heteroatoms.